The third-order valence-electron chi connectivity index (χ3n) is 3.93. The van der Waals surface area contributed by atoms with Crippen molar-refractivity contribution in [2.24, 2.45) is 5.14 Å². The zero-order valence-electron chi connectivity index (χ0n) is 13.3. The van der Waals surface area contributed by atoms with E-state index in [0.29, 0.717) is 29.9 Å². The maximum Gasteiger partial charge on any atom is 0.257 e. The van der Waals surface area contributed by atoms with E-state index in [2.05, 4.69) is 5.32 Å². The largest absolute Gasteiger partial charge is 0.322 e. The lowest BCUT2D eigenvalue weighted by Crippen LogP contribution is -2.27. The van der Waals surface area contributed by atoms with Crippen molar-refractivity contribution in [3.05, 3.63) is 54.1 Å². The Kier molecular flexibility index (Phi) is 4.56. The molecule has 1 aliphatic heterocycles. The summed E-state index contributed by atoms with van der Waals surface area (Å²) >= 11 is 0. The smallest absolute Gasteiger partial charge is 0.257 e. The Labute approximate surface area is 145 Å². The maximum atomic E-state index is 12.6. The first kappa shape index (κ1) is 17.1. The van der Waals surface area contributed by atoms with Crippen molar-refractivity contribution in [1.82, 2.24) is 0 Å². The van der Waals surface area contributed by atoms with Crippen LogP contribution in [0.2, 0.25) is 0 Å². The van der Waals surface area contributed by atoms with Gasteiger partial charge in [0.2, 0.25) is 15.9 Å². The maximum absolute atomic E-state index is 12.6. The molecule has 1 saturated heterocycles. The summed E-state index contributed by atoms with van der Waals surface area (Å²) in [6.07, 6.45) is 1.22. The summed E-state index contributed by atoms with van der Waals surface area (Å²) in [4.78, 5) is 26.1. The quantitative estimate of drug-likeness (QED) is 0.866. The number of nitrogens with two attached hydrogens (primary N) is 1. The molecule has 2 aromatic carbocycles. The van der Waals surface area contributed by atoms with Crippen molar-refractivity contribution in [2.75, 3.05) is 16.8 Å². The van der Waals surface area contributed by atoms with Gasteiger partial charge in [-0.15, -0.1) is 0 Å². The topological polar surface area (TPSA) is 110 Å². The second-order valence-corrected chi connectivity index (χ2v) is 7.25. The fourth-order valence-electron chi connectivity index (χ4n) is 2.75. The number of hydrogen-bond donors (Lipinski definition) is 2. The Hall–Kier alpha value is -2.71. The number of nitrogens with one attached hydrogen (secondary N) is 1. The molecular formula is C17H17N3O4S. The molecule has 7 nitrogen and oxygen atoms in total. The van der Waals surface area contributed by atoms with Crippen LogP contribution in [0.15, 0.2) is 53.4 Å². The summed E-state index contributed by atoms with van der Waals surface area (Å²) in [6, 6.07) is 12.5. The van der Waals surface area contributed by atoms with Crippen LogP contribution >= 0.6 is 0 Å². The Morgan fingerprint density at radius 3 is 2.56 bits per heavy atom. The Morgan fingerprint density at radius 1 is 1.12 bits per heavy atom. The summed E-state index contributed by atoms with van der Waals surface area (Å²) in [6.45, 7) is 0.573. The first-order chi connectivity index (χ1) is 11.9. The average Bonchev–Trinajstić information content (AvgIpc) is 3.00. The minimum absolute atomic E-state index is 0.0172. The predicted octanol–water partition coefficient (Wildman–Crippen LogP) is 1.71. The molecule has 25 heavy (non-hydrogen) atoms. The van der Waals surface area contributed by atoms with Crippen LogP contribution in [0, 0.1) is 0 Å². The molecule has 0 atom stereocenters. The molecule has 0 saturated carbocycles. The van der Waals surface area contributed by atoms with Gasteiger partial charge in [-0.05, 0) is 36.8 Å². The fourth-order valence-corrected chi connectivity index (χ4v) is 3.31. The van der Waals surface area contributed by atoms with Gasteiger partial charge in [-0.2, -0.15) is 0 Å². The summed E-state index contributed by atoms with van der Waals surface area (Å²) < 4.78 is 22.9. The molecule has 8 heteroatoms. The zero-order valence-corrected chi connectivity index (χ0v) is 14.1. The van der Waals surface area contributed by atoms with Gasteiger partial charge >= 0.3 is 0 Å². The van der Waals surface area contributed by atoms with Gasteiger partial charge in [0.25, 0.3) is 5.91 Å². The van der Waals surface area contributed by atoms with Crippen molar-refractivity contribution < 1.29 is 18.0 Å². The van der Waals surface area contributed by atoms with E-state index in [1.165, 1.54) is 18.2 Å². The van der Waals surface area contributed by atoms with E-state index in [9.17, 15) is 18.0 Å². The second-order valence-electron chi connectivity index (χ2n) is 5.69. The summed E-state index contributed by atoms with van der Waals surface area (Å²) in [7, 11) is -3.86. The third-order valence-corrected chi connectivity index (χ3v) is 4.84. The molecule has 1 aliphatic rings. The van der Waals surface area contributed by atoms with Gasteiger partial charge in [0.05, 0.1) is 16.1 Å². The zero-order chi connectivity index (χ0) is 18.0. The average molecular weight is 359 g/mol. The van der Waals surface area contributed by atoms with Crippen molar-refractivity contribution in [1.29, 1.82) is 0 Å². The van der Waals surface area contributed by atoms with Gasteiger partial charge in [0.1, 0.15) is 0 Å². The highest BCUT2D eigenvalue weighted by molar-refractivity contribution is 7.89. The molecule has 0 spiro atoms. The van der Waals surface area contributed by atoms with E-state index in [1.54, 1.807) is 35.2 Å². The molecule has 0 bridgehead atoms. The highest BCUT2D eigenvalue weighted by Crippen LogP contribution is 2.26. The molecule has 0 aliphatic carbocycles. The predicted molar refractivity (Wildman–Crippen MR) is 93.8 cm³/mol. The van der Waals surface area contributed by atoms with Crippen LogP contribution in [-0.4, -0.2) is 26.8 Å². The molecule has 2 aromatic rings. The lowest BCUT2D eigenvalue weighted by atomic mass is 10.1. The van der Waals surface area contributed by atoms with Crippen LogP contribution in [0.1, 0.15) is 23.2 Å². The first-order valence-corrected chi connectivity index (χ1v) is 9.24. The van der Waals surface area contributed by atoms with Crippen molar-refractivity contribution >= 4 is 33.2 Å². The molecule has 2 amide bonds. The third kappa shape index (κ3) is 3.70. The number of nitrogens with zero attached hydrogens (tertiary/aromatic N) is 1. The molecule has 0 radical (unpaired) electrons. The van der Waals surface area contributed by atoms with Crippen LogP contribution < -0.4 is 15.4 Å². The monoisotopic (exact) mass is 359 g/mol. The molecule has 1 heterocycles. The van der Waals surface area contributed by atoms with Crippen molar-refractivity contribution in [3.8, 4) is 0 Å². The summed E-state index contributed by atoms with van der Waals surface area (Å²) in [5.74, 6) is -0.446. The van der Waals surface area contributed by atoms with Gasteiger partial charge in [0.15, 0.2) is 0 Å². The van der Waals surface area contributed by atoms with Crippen LogP contribution in [-0.2, 0) is 14.8 Å². The Morgan fingerprint density at radius 2 is 1.88 bits per heavy atom. The number of primary sulfonamides is 1. The number of hydrogen-bond acceptors (Lipinski definition) is 4. The number of amides is 2. The SMILES string of the molecule is NS(=O)(=O)c1cccc(NC(=O)c2ccccc2N2CCCC2=O)c1. The molecule has 0 aromatic heterocycles. The number of sulfonamides is 1. The highest BCUT2D eigenvalue weighted by atomic mass is 32.2. The Bertz CT molecular complexity index is 940. The number of para-hydroxylation sites is 1. The lowest BCUT2D eigenvalue weighted by Gasteiger charge is -2.19. The summed E-state index contributed by atoms with van der Waals surface area (Å²) in [5, 5.41) is 7.76. The second kappa shape index (κ2) is 6.66. The molecule has 3 N–H and O–H groups in total. The Balaban J connectivity index is 1.89. The molecular weight excluding hydrogens is 342 g/mol. The highest BCUT2D eigenvalue weighted by Gasteiger charge is 2.25. The number of rotatable bonds is 4. The van der Waals surface area contributed by atoms with Gasteiger partial charge < -0.3 is 10.2 Å². The molecule has 130 valence electrons. The van der Waals surface area contributed by atoms with Crippen LogP contribution in [0.3, 0.4) is 0 Å². The number of carbonyl (C=O) groups excluding carboxylic acids is 2. The van der Waals surface area contributed by atoms with E-state index < -0.39 is 15.9 Å². The van der Waals surface area contributed by atoms with Crippen molar-refractivity contribution in [2.45, 2.75) is 17.7 Å². The van der Waals surface area contributed by atoms with Gasteiger partial charge in [-0.25, -0.2) is 13.6 Å². The fraction of sp³-hybridized carbons (Fsp3) is 0.176. The van der Waals surface area contributed by atoms with E-state index in [0.717, 1.165) is 6.42 Å². The molecule has 1 fully saturated rings. The van der Waals surface area contributed by atoms with E-state index in [-0.39, 0.29) is 10.8 Å². The van der Waals surface area contributed by atoms with Crippen LogP contribution in [0.25, 0.3) is 0 Å². The number of carbonyl (C=O) groups is 2. The number of benzene rings is 2. The standard InChI is InChI=1S/C17H17N3O4S/c18-25(23,24)13-6-3-5-12(11-13)19-17(22)14-7-1-2-8-15(14)20-10-4-9-16(20)21/h1-3,5-8,11H,4,9-10H2,(H,19,22)(H2,18,23,24). The first-order valence-electron chi connectivity index (χ1n) is 7.70. The molecule has 3 rings (SSSR count). The van der Waals surface area contributed by atoms with Gasteiger partial charge in [-0.3, -0.25) is 9.59 Å². The minimum atomic E-state index is -3.86. The summed E-state index contributed by atoms with van der Waals surface area (Å²) in [5.41, 5.74) is 1.20. The van der Waals surface area contributed by atoms with E-state index in [1.807, 2.05) is 0 Å². The van der Waals surface area contributed by atoms with Crippen molar-refractivity contribution in [3.63, 3.8) is 0 Å². The van der Waals surface area contributed by atoms with E-state index in [4.69, 9.17) is 5.14 Å². The van der Waals surface area contributed by atoms with Crippen LogP contribution in [0.5, 0.6) is 0 Å². The lowest BCUT2D eigenvalue weighted by molar-refractivity contribution is -0.117. The molecule has 0 unspecified atom stereocenters. The van der Waals surface area contributed by atoms with E-state index >= 15 is 0 Å². The minimum Gasteiger partial charge on any atom is -0.322 e. The van der Waals surface area contributed by atoms with Crippen LogP contribution in [0.4, 0.5) is 11.4 Å². The van der Waals surface area contributed by atoms with Gasteiger partial charge in [0, 0.05) is 18.7 Å². The number of anilines is 2. The van der Waals surface area contributed by atoms with Gasteiger partial charge in [-0.1, -0.05) is 18.2 Å². The normalized spacial score (nSPS) is 14.6.